The Bertz CT molecular complexity index is 286. The van der Waals surface area contributed by atoms with Crippen molar-refractivity contribution in [3.8, 4) is 0 Å². The van der Waals surface area contributed by atoms with Gasteiger partial charge in [-0.1, -0.05) is 6.42 Å². The average Bonchev–Trinajstić information content (AvgIpc) is 3.05. The molecule has 1 aliphatic heterocycles. The maximum absolute atomic E-state index is 12.1. The van der Waals surface area contributed by atoms with E-state index in [2.05, 4.69) is 10.6 Å². The Kier molecular flexibility index (Phi) is 3.37. The van der Waals surface area contributed by atoms with Crippen LogP contribution in [0, 0.1) is 17.8 Å². The van der Waals surface area contributed by atoms with Gasteiger partial charge >= 0.3 is 0 Å². The van der Waals surface area contributed by atoms with Gasteiger partial charge in [-0.05, 0) is 56.9 Å². The van der Waals surface area contributed by atoms with E-state index in [1.807, 2.05) is 0 Å². The summed E-state index contributed by atoms with van der Waals surface area (Å²) in [6, 6.07) is 0.648. The van der Waals surface area contributed by atoms with Crippen LogP contribution in [0.3, 0.4) is 0 Å². The zero-order chi connectivity index (χ0) is 11.7. The molecule has 1 amide bonds. The molecule has 4 unspecified atom stereocenters. The highest BCUT2D eigenvalue weighted by Crippen LogP contribution is 2.48. The van der Waals surface area contributed by atoms with Crippen LogP contribution in [0.25, 0.3) is 0 Å². The predicted octanol–water partition coefficient (Wildman–Crippen LogP) is 1.68. The van der Waals surface area contributed by atoms with Crippen LogP contribution < -0.4 is 10.6 Å². The van der Waals surface area contributed by atoms with E-state index in [0.29, 0.717) is 23.8 Å². The van der Waals surface area contributed by atoms with Crippen molar-refractivity contribution in [2.75, 3.05) is 13.1 Å². The van der Waals surface area contributed by atoms with Crippen LogP contribution in [0.5, 0.6) is 0 Å². The summed E-state index contributed by atoms with van der Waals surface area (Å²) in [5, 5.41) is 6.63. The van der Waals surface area contributed by atoms with Gasteiger partial charge in [-0.2, -0.15) is 0 Å². The van der Waals surface area contributed by atoms with E-state index in [1.54, 1.807) is 0 Å². The van der Waals surface area contributed by atoms with Crippen molar-refractivity contribution >= 4 is 5.91 Å². The standard InChI is InChI=1S/C14H24N2O/c17-14(13-9-10-3-4-11(13)8-10)16-7-5-12-2-1-6-15-12/h10-13,15H,1-9H2,(H,16,17). The number of hydrogen-bond donors (Lipinski definition) is 2. The number of fused-ring (bicyclic) bond motifs is 2. The summed E-state index contributed by atoms with van der Waals surface area (Å²) in [6.07, 6.45) is 8.84. The highest BCUT2D eigenvalue weighted by Gasteiger charge is 2.42. The second-order valence-electron chi connectivity index (χ2n) is 6.15. The first kappa shape index (κ1) is 11.5. The second-order valence-corrected chi connectivity index (χ2v) is 6.15. The second kappa shape index (κ2) is 4.97. The molecule has 17 heavy (non-hydrogen) atoms. The minimum atomic E-state index is 0.343. The first-order valence-electron chi connectivity index (χ1n) is 7.34. The third-order valence-electron chi connectivity index (χ3n) is 5.03. The van der Waals surface area contributed by atoms with Gasteiger partial charge in [-0.25, -0.2) is 0 Å². The molecule has 2 N–H and O–H groups in total. The molecule has 2 aliphatic carbocycles. The fourth-order valence-electron chi connectivity index (χ4n) is 4.07. The largest absolute Gasteiger partial charge is 0.356 e. The average molecular weight is 236 g/mol. The zero-order valence-corrected chi connectivity index (χ0v) is 10.6. The SMILES string of the molecule is O=C(NCCC1CCCN1)C1CC2CCC1C2. The van der Waals surface area contributed by atoms with Crippen LogP contribution in [0.15, 0.2) is 0 Å². The maximum atomic E-state index is 12.1. The Balaban J connectivity index is 1.38. The van der Waals surface area contributed by atoms with E-state index in [1.165, 1.54) is 32.1 Å². The molecule has 3 rings (SSSR count). The van der Waals surface area contributed by atoms with Gasteiger partial charge in [0.25, 0.3) is 0 Å². The molecular formula is C14H24N2O. The molecule has 2 bridgehead atoms. The summed E-state index contributed by atoms with van der Waals surface area (Å²) < 4.78 is 0. The topological polar surface area (TPSA) is 41.1 Å². The van der Waals surface area contributed by atoms with Crippen molar-refractivity contribution in [3.63, 3.8) is 0 Å². The number of carbonyl (C=O) groups excluding carboxylic acids is 1. The van der Waals surface area contributed by atoms with E-state index in [4.69, 9.17) is 0 Å². The van der Waals surface area contributed by atoms with E-state index in [-0.39, 0.29) is 0 Å². The number of nitrogens with one attached hydrogen (secondary N) is 2. The molecule has 4 atom stereocenters. The summed E-state index contributed by atoms with van der Waals surface area (Å²) >= 11 is 0. The highest BCUT2D eigenvalue weighted by atomic mass is 16.1. The normalized spacial score (nSPS) is 39.8. The molecule has 0 radical (unpaired) electrons. The van der Waals surface area contributed by atoms with Gasteiger partial charge in [-0.3, -0.25) is 4.79 Å². The Hall–Kier alpha value is -0.570. The van der Waals surface area contributed by atoms with Gasteiger partial charge in [0.15, 0.2) is 0 Å². The van der Waals surface area contributed by atoms with E-state index >= 15 is 0 Å². The van der Waals surface area contributed by atoms with E-state index < -0.39 is 0 Å². The molecule has 3 fully saturated rings. The Morgan fingerprint density at radius 3 is 2.82 bits per heavy atom. The van der Waals surface area contributed by atoms with Crippen molar-refractivity contribution in [3.05, 3.63) is 0 Å². The Labute approximate surface area is 104 Å². The van der Waals surface area contributed by atoms with Gasteiger partial charge in [-0.15, -0.1) is 0 Å². The number of rotatable bonds is 4. The van der Waals surface area contributed by atoms with Crippen molar-refractivity contribution in [1.29, 1.82) is 0 Å². The molecule has 0 aromatic heterocycles. The third-order valence-corrected chi connectivity index (χ3v) is 5.03. The Morgan fingerprint density at radius 1 is 1.24 bits per heavy atom. The van der Waals surface area contributed by atoms with Gasteiger partial charge in [0, 0.05) is 18.5 Å². The molecule has 0 aromatic rings. The van der Waals surface area contributed by atoms with Crippen LogP contribution in [0.1, 0.15) is 44.9 Å². The lowest BCUT2D eigenvalue weighted by Gasteiger charge is -2.21. The fraction of sp³-hybridized carbons (Fsp3) is 0.929. The van der Waals surface area contributed by atoms with E-state index in [0.717, 1.165) is 31.8 Å². The lowest BCUT2D eigenvalue weighted by Crippen LogP contribution is -2.36. The highest BCUT2D eigenvalue weighted by molar-refractivity contribution is 5.79. The van der Waals surface area contributed by atoms with Crippen molar-refractivity contribution in [2.24, 2.45) is 17.8 Å². The van der Waals surface area contributed by atoms with Crippen molar-refractivity contribution in [1.82, 2.24) is 10.6 Å². The monoisotopic (exact) mass is 236 g/mol. The van der Waals surface area contributed by atoms with Crippen LogP contribution >= 0.6 is 0 Å². The van der Waals surface area contributed by atoms with Crippen LogP contribution in [0.2, 0.25) is 0 Å². The minimum Gasteiger partial charge on any atom is -0.356 e. The number of amides is 1. The smallest absolute Gasteiger partial charge is 0.223 e. The molecule has 0 aromatic carbocycles. The third kappa shape index (κ3) is 2.49. The predicted molar refractivity (Wildman–Crippen MR) is 67.6 cm³/mol. The number of hydrogen-bond acceptors (Lipinski definition) is 2. The summed E-state index contributed by atoms with van der Waals surface area (Å²) in [7, 11) is 0. The summed E-state index contributed by atoms with van der Waals surface area (Å²) in [5.74, 6) is 2.28. The zero-order valence-electron chi connectivity index (χ0n) is 10.6. The first-order chi connectivity index (χ1) is 8.33. The molecule has 96 valence electrons. The molecule has 2 saturated carbocycles. The van der Waals surface area contributed by atoms with Crippen molar-refractivity contribution in [2.45, 2.75) is 51.0 Å². The lowest BCUT2D eigenvalue weighted by molar-refractivity contribution is -0.126. The van der Waals surface area contributed by atoms with Gasteiger partial charge < -0.3 is 10.6 Å². The van der Waals surface area contributed by atoms with Crippen molar-refractivity contribution < 1.29 is 4.79 Å². The quantitative estimate of drug-likeness (QED) is 0.780. The fourth-order valence-corrected chi connectivity index (χ4v) is 4.07. The molecule has 3 heteroatoms. The summed E-state index contributed by atoms with van der Waals surface area (Å²) in [4.78, 5) is 12.1. The summed E-state index contributed by atoms with van der Waals surface area (Å²) in [6.45, 7) is 2.02. The van der Waals surface area contributed by atoms with Gasteiger partial charge in [0.2, 0.25) is 5.91 Å². The molecule has 1 heterocycles. The lowest BCUT2D eigenvalue weighted by atomic mass is 9.88. The first-order valence-corrected chi connectivity index (χ1v) is 7.34. The van der Waals surface area contributed by atoms with Gasteiger partial charge in [0.05, 0.1) is 0 Å². The molecule has 3 nitrogen and oxygen atoms in total. The maximum Gasteiger partial charge on any atom is 0.223 e. The minimum absolute atomic E-state index is 0.343. The molecule has 1 saturated heterocycles. The number of carbonyl (C=O) groups is 1. The van der Waals surface area contributed by atoms with E-state index in [9.17, 15) is 4.79 Å². The van der Waals surface area contributed by atoms with Crippen LogP contribution in [0.4, 0.5) is 0 Å². The van der Waals surface area contributed by atoms with Crippen LogP contribution in [-0.2, 0) is 4.79 Å². The molecular weight excluding hydrogens is 212 g/mol. The summed E-state index contributed by atoms with van der Waals surface area (Å²) in [5.41, 5.74) is 0. The molecule has 0 spiro atoms. The van der Waals surface area contributed by atoms with Gasteiger partial charge in [0.1, 0.15) is 0 Å². The molecule has 3 aliphatic rings. The van der Waals surface area contributed by atoms with Crippen LogP contribution in [-0.4, -0.2) is 25.0 Å². The Morgan fingerprint density at radius 2 is 2.18 bits per heavy atom.